The Hall–Kier alpha value is -4.13. The zero-order valence-electron chi connectivity index (χ0n) is 21.2. The Labute approximate surface area is 217 Å². The number of hydrogen-bond donors (Lipinski definition) is 0. The van der Waals surface area contributed by atoms with E-state index < -0.39 is 5.92 Å². The fraction of sp³-hybridized carbons (Fsp3) is 0.300. The second kappa shape index (κ2) is 12.2. The van der Waals surface area contributed by atoms with Gasteiger partial charge in [-0.25, -0.2) is 10.0 Å². The average molecular weight is 501 g/mol. The van der Waals surface area contributed by atoms with Gasteiger partial charge in [0.15, 0.2) is 0 Å². The van der Waals surface area contributed by atoms with E-state index >= 15 is 0 Å². The molecule has 7 heteroatoms. The molecule has 0 spiro atoms. The minimum absolute atomic E-state index is 0.123. The summed E-state index contributed by atoms with van der Waals surface area (Å²) in [6, 6.07) is 26.2. The van der Waals surface area contributed by atoms with Crippen molar-refractivity contribution in [2.75, 3.05) is 18.2 Å². The molecule has 3 aromatic carbocycles. The molecular weight excluding hydrogens is 468 g/mol. The molecule has 1 heterocycles. The van der Waals surface area contributed by atoms with E-state index in [0.29, 0.717) is 24.4 Å². The summed E-state index contributed by atoms with van der Waals surface area (Å²) in [5.41, 5.74) is 2.47. The van der Waals surface area contributed by atoms with E-state index in [-0.39, 0.29) is 36.9 Å². The number of para-hydroxylation sites is 1. The van der Waals surface area contributed by atoms with Crippen molar-refractivity contribution in [2.24, 2.45) is 11.8 Å². The maximum absolute atomic E-state index is 13.5. The van der Waals surface area contributed by atoms with E-state index in [9.17, 15) is 14.4 Å². The Bertz CT molecular complexity index is 1200. The lowest BCUT2D eigenvalue weighted by Gasteiger charge is -2.27. The Balaban J connectivity index is 1.41. The second-order valence-electron chi connectivity index (χ2n) is 9.09. The fourth-order valence-corrected chi connectivity index (χ4v) is 4.13. The summed E-state index contributed by atoms with van der Waals surface area (Å²) in [7, 11) is 0. The maximum atomic E-state index is 13.5. The molecule has 1 saturated heterocycles. The lowest BCUT2D eigenvalue weighted by molar-refractivity contribution is -0.148. The largest absolute Gasteiger partial charge is 0.490 e. The minimum atomic E-state index is -0.810. The number of nitrogens with zero attached hydrogens (tertiary/aromatic N) is 2. The van der Waals surface area contributed by atoms with Gasteiger partial charge in [0.25, 0.3) is 11.8 Å². The van der Waals surface area contributed by atoms with Crippen LogP contribution in [0, 0.1) is 11.8 Å². The lowest BCUT2D eigenvalue weighted by atomic mass is 9.98. The number of carbonyl (C=O) groups excluding carboxylic acids is 3. The van der Waals surface area contributed by atoms with Crippen molar-refractivity contribution in [3.05, 3.63) is 96.1 Å². The van der Waals surface area contributed by atoms with Crippen LogP contribution in [0.25, 0.3) is 0 Å². The summed E-state index contributed by atoms with van der Waals surface area (Å²) >= 11 is 0. The molecule has 1 aliphatic rings. The molecule has 2 atom stereocenters. The van der Waals surface area contributed by atoms with Crippen molar-refractivity contribution >= 4 is 23.5 Å². The van der Waals surface area contributed by atoms with Crippen molar-refractivity contribution in [1.29, 1.82) is 0 Å². The van der Waals surface area contributed by atoms with Crippen LogP contribution < -0.4 is 9.75 Å². The van der Waals surface area contributed by atoms with Crippen molar-refractivity contribution in [1.82, 2.24) is 5.01 Å². The molecule has 1 fully saturated rings. The summed E-state index contributed by atoms with van der Waals surface area (Å²) in [6.07, 6.45) is 1.03. The molecule has 0 aliphatic carbocycles. The van der Waals surface area contributed by atoms with Crippen molar-refractivity contribution < 1.29 is 23.9 Å². The molecule has 37 heavy (non-hydrogen) atoms. The number of benzene rings is 3. The minimum Gasteiger partial charge on any atom is -0.490 e. The Morgan fingerprint density at radius 2 is 1.49 bits per heavy atom. The van der Waals surface area contributed by atoms with Gasteiger partial charge in [-0.1, -0.05) is 74.5 Å². The number of anilines is 1. The molecule has 0 N–H and O–H groups in total. The monoisotopic (exact) mass is 500 g/mol. The molecular formula is C30H32N2O5. The first kappa shape index (κ1) is 25.9. The lowest BCUT2D eigenvalue weighted by Crippen LogP contribution is -2.40. The van der Waals surface area contributed by atoms with Crippen LogP contribution in [0.1, 0.15) is 31.4 Å². The first-order valence-electron chi connectivity index (χ1n) is 12.6. The summed E-state index contributed by atoms with van der Waals surface area (Å²) < 4.78 is 10.9. The fourth-order valence-electron chi connectivity index (χ4n) is 4.13. The highest BCUT2D eigenvalue weighted by Crippen LogP contribution is 2.31. The molecule has 0 radical (unpaired) electrons. The van der Waals surface area contributed by atoms with Gasteiger partial charge in [0.1, 0.15) is 24.9 Å². The summed E-state index contributed by atoms with van der Waals surface area (Å²) in [6.45, 7) is 4.52. The van der Waals surface area contributed by atoms with Crippen LogP contribution in [0.15, 0.2) is 84.9 Å². The molecule has 0 aromatic heterocycles. The first-order chi connectivity index (χ1) is 18.0. The average Bonchev–Trinajstić information content (AvgIpc) is 3.16. The van der Waals surface area contributed by atoms with E-state index in [0.717, 1.165) is 17.5 Å². The van der Waals surface area contributed by atoms with Crippen LogP contribution >= 0.6 is 0 Å². The van der Waals surface area contributed by atoms with Gasteiger partial charge in [-0.3, -0.25) is 14.4 Å². The number of hydrazine groups is 1. The van der Waals surface area contributed by atoms with Crippen LogP contribution in [-0.2, 0) is 32.1 Å². The van der Waals surface area contributed by atoms with E-state index in [1.54, 1.807) is 12.1 Å². The van der Waals surface area contributed by atoms with Crippen LogP contribution in [0.2, 0.25) is 0 Å². The zero-order chi connectivity index (χ0) is 26.2. The van der Waals surface area contributed by atoms with Gasteiger partial charge in [0, 0.05) is 0 Å². The van der Waals surface area contributed by atoms with Crippen LogP contribution in [0.4, 0.5) is 5.69 Å². The molecule has 4 rings (SSSR count). The number of rotatable bonds is 11. The van der Waals surface area contributed by atoms with Crippen molar-refractivity contribution in [3.63, 3.8) is 0 Å². The second-order valence-corrected chi connectivity index (χ2v) is 9.09. The summed E-state index contributed by atoms with van der Waals surface area (Å²) in [5.74, 6) is -0.989. The highest BCUT2D eigenvalue weighted by molar-refractivity contribution is 6.14. The zero-order valence-corrected chi connectivity index (χ0v) is 21.2. The molecule has 7 nitrogen and oxygen atoms in total. The third-order valence-corrected chi connectivity index (χ3v) is 6.45. The van der Waals surface area contributed by atoms with Gasteiger partial charge in [-0.05, 0) is 48.2 Å². The number of ether oxygens (including phenoxy) is 2. The van der Waals surface area contributed by atoms with Gasteiger partial charge in [-0.2, -0.15) is 0 Å². The molecule has 0 saturated carbocycles. The molecule has 2 amide bonds. The van der Waals surface area contributed by atoms with Gasteiger partial charge in [0.2, 0.25) is 0 Å². The van der Waals surface area contributed by atoms with Crippen LogP contribution in [-0.4, -0.2) is 36.0 Å². The molecule has 2 unspecified atom stereocenters. The highest BCUT2D eigenvalue weighted by Gasteiger charge is 2.46. The van der Waals surface area contributed by atoms with Crippen LogP contribution in [0.3, 0.4) is 0 Å². The first-order valence-corrected chi connectivity index (χ1v) is 12.6. The van der Waals surface area contributed by atoms with Gasteiger partial charge >= 0.3 is 5.97 Å². The van der Waals surface area contributed by atoms with Gasteiger partial charge < -0.3 is 9.47 Å². The number of hydrogen-bond acceptors (Lipinski definition) is 5. The van der Waals surface area contributed by atoms with Crippen LogP contribution in [0.5, 0.6) is 5.75 Å². The van der Waals surface area contributed by atoms with E-state index in [2.05, 4.69) is 0 Å². The smallest absolute Gasteiger partial charge is 0.308 e. The topological polar surface area (TPSA) is 76.2 Å². The van der Waals surface area contributed by atoms with Crippen molar-refractivity contribution in [2.45, 2.75) is 33.2 Å². The van der Waals surface area contributed by atoms with Gasteiger partial charge in [-0.15, -0.1) is 0 Å². The molecule has 192 valence electrons. The summed E-state index contributed by atoms with van der Waals surface area (Å²) in [5, 5.41) is 3.04. The quantitative estimate of drug-likeness (QED) is 0.215. The standard InChI is InChI=1S/C30H32N2O5/c1-3-22(2)30(35)37-19-18-36-26-16-14-23(15-17-26)20-27-28(33)31(21-24-10-6-4-7-11-24)32(29(27)34)25-12-8-5-9-13-25/h4-17,22,27H,3,18-21H2,1-2H3. The third kappa shape index (κ3) is 6.36. The summed E-state index contributed by atoms with van der Waals surface area (Å²) in [4.78, 5) is 38.7. The Morgan fingerprint density at radius 3 is 2.14 bits per heavy atom. The van der Waals surface area contributed by atoms with Gasteiger partial charge in [0.05, 0.1) is 18.2 Å². The third-order valence-electron chi connectivity index (χ3n) is 6.45. The molecule has 3 aromatic rings. The normalized spacial score (nSPS) is 16.1. The highest BCUT2D eigenvalue weighted by atomic mass is 16.6. The Morgan fingerprint density at radius 1 is 0.838 bits per heavy atom. The van der Waals surface area contributed by atoms with E-state index in [1.807, 2.05) is 86.6 Å². The number of esters is 1. The number of carbonyl (C=O) groups is 3. The Kier molecular flexibility index (Phi) is 8.56. The predicted octanol–water partition coefficient (Wildman–Crippen LogP) is 4.80. The van der Waals surface area contributed by atoms with Crippen molar-refractivity contribution in [3.8, 4) is 5.75 Å². The maximum Gasteiger partial charge on any atom is 0.308 e. The van der Waals surface area contributed by atoms with E-state index in [4.69, 9.17) is 9.47 Å². The predicted molar refractivity (Wildman–Crippen MR) is 140 cm³/mol. The SMILES string of the molecule is CCC(C)C(=O)OCCOc1ccc(CC2C(=O)N(Cc3ccccc3)N(c3ccccc3)C2=O)cc1. The number of amides is 2. The van der Waals surface area contributed by atoms with E-state index in [1.165, 1.54) is 10.0 Å². The molecule has 1 aliphatic heterocycles. The molecule has 0 bridgehead atoms.